The molecule has 0 atom stereocenters. The second-order valence-electron chi connectivity index (χ2n) is 5.45. The van der Waals surface area contributed by atoms with Crippen LogP contribution in [0.15, 0.2) is 36.4 Å². The van der Waals surface area contributed by atoms with Crippen molar-refractivity contribution < 1.29 is 23.5 Å². The first-order valence-corrected chi connectivity index (χ1v) is 7.83. The number of aryl methyl sites for hydroxylation is 2. The first-order valence-electron chi connectivity index (χ1n) is 7.45. The maximum atomic E-state index is 13.5. The highest BCUT2D eigenvalue weighted by Gasteiger charge is 2.11. The Morgan fingerprint density at radius 1 is 1.08 bits per heavy atom. The molecule has 0 radical (unpaired) electrons. The zero-order valence-electron chi connectivity index (χ0n) is 13.8. The lowest BCUT2D eigenvalue weighted by atomic mass is 10.1. The molecule has 1 amide bonds. The Labute approximate surface area is 149 Å². The van der Waals surface area contributed by atoms with Crippen LogP contribution in [0.1, 0.15) is 11.1 Å². The van der Waals surface area contributed by atoms with E-state index in [1.807, 2.05) is 19.9 Å². The number of anilines is 1. The van der Waals surface area contributed by atoms with Crippen molar-refractivity contribution in [3.05, 3.63) is 58.4 Å². The van der Waals surface area contributed by atoms with E-state index in [1.165, 1.54) is 12.1 Å². The number of halogens is 2. The summed E-state index contributed by atoms with van der Waals surface area (Å²) in [6.07, 6.45) is 0. The summed E-state index contributed by atoms with van der Waals surface area (Å²) in [6, 6.07) is 9.30. The lowest BCUT2D eigenvalue weighted by Gasteiger charge is -2.09. The molecule has 1 N–H and O–H groups in total. The monoisotopic (exact) mass is 365 g/mol. The van der Waals surface area contributed by atoms with E-state index in [4.69, 9.17) is 21.1 Å². The molecule has 0 saturated carbocycles. The van der Waals surface area contributed by atoms with Gasteiger partial charge < -0.3 is 14.8 Å². The molecule has 0 saturated heterocycles. The molecule has 25 heavy (non-hydrogen) atoms. The highest BCUT2D eigenvalue weighted by molar-refractivity contribution is 6.30. The average molecular weight is 366 g/mol. The molecule has 0 spiro atoms. The van der Waals surface area contributed by atoms with Crippen LogP contribution in [-0.4, -0.2) is 25.1 Å². The van der Waals surface area contributed by atoms with E-state index in [9.17, 15) is 14.0 Å². The minimum atomic E-state index is -0.708. The number of carbonyl (C=O) groups is 2. The number of carbonyl (C=O) groups excluding carboxylic acids is 2. The molecule has 0 aliphatic heterocycles. The number of rotatable bonds is 6. The highest BCUT2D eigenvalue weighted by atomic mass is 35.5. The van der Waals surface area contributed by atoms with E-state index in [2.05, 4.69) is 5.32 Å². The predicted molar refractivity (Wildman–Crippen MR) is 92.4 cm³/mol. The number of nitrogens with one attached hydrogen (secondary N) is 1. The van der Waals surface area contributed by atoms with E-state index < -0.39 is 24.3 Å². The van der Waals surface area contributed by atoms with E-state index in [-0.39, 0.29) is 17.3 Å². The van der Waals surface area contributed by atoms with E-state index in [1.54, 1.807) is 12.1 Å². The molecule has 2 aromatic rings. The molecule has 0 aliphatic carbocycles. The maximum absolute atomic E-state index is 13.5. The van der Waals surface area contributed by atoms with Gasteiger partial charge in [-0.05, 0) is 55.3 Å². The fourth-order valence-electron chi connectivity index (χ4n) is 2.13. The summed E-state index contributed by atoms with van der Waals surface area (Å²) in [5, 5.41) is 2.55. The molecular formula is C18H17ClFNO4. The number of benzene rings is 2. The normalized spacial score (nSPS) is 10.2. The summed E-state index contributed by atoms with van der Waals surface area (Å²) in [5.41, 5.74) is 1.93. The molecule has 132 valence electrons. The fourth-order valence-corrected chi connectivity index (χ4v) is 2.30. The summed E-state index contributed by atoms with van der Waals surface area (Å²) in [7, 11) is 0. The molecule has 2 aromatic carbocycles. The van der Waals surface area contributed by atoms with Crippen LogP contribution in [0.5, 0.6) is 5.75 Å². The number of esters is 1. The highest BCUT2D eigenvalue weighted by Crippen LogP contribution is 2.19. The van der Waals surface area contributed by atoms with Crippen molar-refractivity contribution in [3.63, 3.8) is 0 Å². The molecule has 0 bridgehead atoms. The lowest BCUT2D eigenvalue weighted by Crippen LogP contribution is -2.24. The van der Waals surface area contributed by atoms with Gasteiger partial charge in [-0.1, -0.05) is 17.7 Å². The topological polar surface area (TPSA) is 64.6 Å². The Hall–Kier alpha value is -2.60. The third-order valence-electron chi connectivity index (χ3n) is 3.12. The molecule has 0 fully saturated rings. The van der Waals surface area contributed by atoms with Crippen molar-refractivity contribution in [2.24, 2.45) is 0 Å². The number of amides is 1. The molecule has 0 unspecified atom stereocenters. The van der Waals surface area contributed by atoms with Crippen LogP contribution < -0.4 is 10.1 Å². The molecular weight excluding hydrogens is 349 g/mol. The van der Waals surface area contributed by atoms with Crippen molar-refractivity contribution in [2.75, 3.05) is 18.5 Å². The quantitative estimate of drug-likeness (QED) is 0.793. The van der Waals surface area contributed by atoms with E-state index >= 15 is 0 Å². The van der Waals surface area contributed by atoms with Gasteiger partial charge in [-0.15, -0.1) is 0 Å². The van der Waals surface area contributed by atoms with Gasteiger partial charge in [-0.3, -0.25) is 4.79 Å². The number of ether oxygens (including phenoxy) is 2. The van der Waals surface area contributed by atoms with Crippen LogP contribution in [0.25, 0.3) is 0 Å². The summed E-state index contributed by atoms with van der Waals surface area (Å²) >= 11 is 5.73. The fraction of sp³-hybridized carbons (Fsp3) is 0.222. The smallest absolute Gasteiger partial charge is 0.344 e. The van der Waals surface area contributed by atoms with Gasteiger partial charge in [0.25, 0.3) is 5.91 Å². The Bertz CT molecular complexity index is 774. The molecule has 0 aromatic heterocycles. The van der Waals surface area contributed by atoms with Crippen LogP contribution in [0, 0.1) is 19.7 Å². The third-order valence-corrected chi connectivity index (χ3v) is 3.35. The molecule has 2 rings (SSSR count). The average Bonchev–Trinajstić information content (AvgIpc) is 2.53. The van der Waals surface area contributed by atoms with Gasteiger partial charge in [0.15, 0.2) is 13.2 Å². The van der Waals surface area contributed by atoms with Gasteiger partial charge in [-0.2, -0.15) is 0 Å². The first kappa shape index (κ1) is 18.7. The summed E-state index contributed by atoms with van der Waals surface area (Å²) in [6.45, 7) is 2.94. The molecule has 7 heteroatoms. The standard InChI is InChI=1S/C18H17ClFNO4/c1-11-5-12(2)7-14(6-11)24-10-18(23)25-9-17(22)21-16-8-13(19)3-4-15(16)20/h3-8H,9-10H2,1-2H3,(H,21,22). The van der Waals surface area contributed by atoms with Crippen molar-refractivity contribution >= 4 is 29.2 Å². The van der Waals surface area contributed by atoms with Crippen molar-refractivity contribution in [2.45, 2.75) is 13.8 Å². The van der Waals surface area contributed by atoms with Crippen LogP contribution in [-0.2, 0) is 14.3 Å². The minimum absolute atomic E-state index is 0.0833. The van der Waals surface area contributed by atoms with Crippen LogP contribution >= 0.6 is 11.6 Å². The summed E-state index contributed by atoms with van der Waals surface area (Å²) in [4.78, 5) is 23.3. The first-order chi connectivity index (χ1) is 11.8. The lowest BCUT2D eigenvalue weighted by molar-refractivity contribution is -0.149. The van der Waals surface area contributed by atoms with Crippen LogP contribution in [0.3, 0.4) is 0 Å². The van der Waals surface area contributed by atoms with Crippen LogP contribution in [0.2, 0.25) is 5.02 Å². The SMILES string of the molecule is Cc1cc(C)cc(OCC(=O)OCC(=O)Nc2cc(Cl)ccc2F)c1. The predicted octanol–water partition coefficient (Wildman–Crippen LogP) is 3.66. The van der Waals surface area contributed by atoms with E-state index in [0.717, 1.165) is 17.2 Å². The van der Waals surface area contributed by atoms with Gasteiger partial charge in [0.05, 0.1) is 5.69 Å². The van der Waals surface area contributed by atoms with E-state index in [0.29, 0.717) is 5.75 Å². The second kappa shape index (κ2) is 8.48. The maximum Gasteiger partial charge on any atom is 0.344 e. The van der Waals surface area contributed by atoms with Gasteiger partial charge in [0.1, 0.15) is 11.6 Å². The Balaban J connectivity index is 1.79. The van der Waals surface area contributed by atoms with Crippen molar-refractivity contribution in [1.29, 1.82) is 0 Å². The molecule has 0 heterocycles. The zero-order valence-corrected chi connectivity index (χ0v) is 14.5. The number of hydrogen-bond donors (Lipinski definition) is 1. The summed E-state index contributed by atoms with van der Waals surface area (Å²) in [5.74, 6) is -1.48. The second-order valence-corrected chi connectivity index (χ2v) is 5.88. The van der Waals surface area contributed by atoms with Crippen molar-refractivity contribution in [1.82, 2.24) is 0 Å². The Morgan fingerprint density at radius 2 is 1.76 bits per heavy atom. The van der Waals surface area contributed by atoms with Gasteiger partial charge in [0, 0.05) is 5.02 Å². The largest absolute Gasteiger partial charge is 0.482 e. The minimum Gasteiger partial charge on any atom is -0.482 e. The van der Waals surface area contributed by atoms with Crippen LogP contribution in [0.4, 0.5) is 10.1 Å². The summed E-state index contributed by atoms with van der Waals surface area (Å²) < 4.78 is 23.6. The zero-order chi connectivity index (χ0) is 18.4. The van der Waals surface area contributed by atoms with Crippen molar-refractivity contribution in [3.8, 4) is 5.75 Å². The van der Waals surface area contributed by atoms with Gasteiger partial charge in [0.2, 0.25) is 0 Å². The molecule has 0 aliphatic rings. The Morgan fingerprint density at radius 3 is 2.44 bits per heavy atom. The Kier molecular flexibility index (Phi) is 6.36. The van der Waals surface area contributed by atoms with Gasteiger partial charge >= 0.3 is 5.97 Å². The number of hydrogen-bond acceptors (Lipinski definition) is 4. The third kappa shape index (κ3) is 6.08. The van der Waals surface area contributed by atoms with Gasteiger partial charge in [-0.25, -0.2) is 9.18 Å². The molecule has 5 nitrogen and oxygen atoms in total.